The molecule has 0 nitrogen and oxygen atoms in total. The maximum Gasteiger partial charge on any atom is -0.00578 e. The monoisotopic (exact) mass is 264 g/mol. The summed E-state index contributed by atoms with van der Waals surface area (Å²) < 4.78 is 0. The number of rotatable bonds is 1. The molecule has 2 aliphatic rings. The first-order valence-electron chi connectivity index (χ1n) is 7.66. The van der Waals surface area contributed by atoms with Crippen LogP contribution in [-0.2, 0) is 5.41 Å². The van der Waals surface area contributed by atoms with E-state index in [2.05, 4.69) is 64.1 Å². The second-order valence-electron chi connectivity index (χ2n) is 7.15. The van der Waals surface area contributed by atoms with Gasteiger partial charge in [-0.1, -0.05) is 62.8 Å². The van der Waals surface area contributed by atoms with Gasteiger partial charge in [-0.25, -0.2) is 0 Å². The van der Waals surface area contributed by atoms with Crippen molar-refractivity contribution in [3.05, 3.63) is 64.3 Å². The van der Waals surface area contributed by atoms with Crippen molar-refractivity contribution >= 4 is 5.57 Å². The van der Waals surface area contributed by atoms with Crippen LogP contribution in [-0.4, -0.2) is 0 Å². The van der Waals surface area contributed by atoms with Crippen molar-refractivity contribution in [1.82, 2.24) is 0 Å². The van der Waals surface area contributed by atoms with E-state index in [1.54, 1.807) is 11.1 Å². The van der Waals surface area contributed by atoms with Gasteiger partial charge in [-0.2, -0.15) is 0 Å². The van der Waals surface area contributed by atoms with Crippen molar-refractivity contribution in [2.24, 2.45) is 0 Å². The maximum atomic E-state index is 2.40. The lowest BCUT2D eigenvalue weighted by atomic mass is 9.84. The minimum Gasteiger partial charge on any atom is -0.0766 e. The number of hydrogen-bond donors (Lipinski definition) is 0. The Morgan fingerprint density at radius 2 is 1.65 bits per heavy atom. The van der Waals surface area contributed by atoms with Gasteiger partial charge in [0.15, 0.2) is 0 Å². The second kappa shape index (κ2) is 4.77. The van der Waals surface area contributed by atoms with Gasteiger partial charge in [0.05, 0.1) is 0 Å². The molecule has 0 spiro atoms. The highest BCUT2D eigenvalue weighted by Gasteiger charge is 2.21. The Morgan fingerprint density at radius 1 is 0.950 bits per heavy atom. The van der Waals surface area contributed by atoms with Gasteiger partial charge in [0.1, 0.15) is 0 Å². The van der Waals surface area contributed by atoms with E-state index in [0.717, 1.165) is 6.42 Å². The van der Waals surface area contributed by atoms with Gasteiger partial charge in [0, 0.05) is 0 Å². The molecule has 0 aromatic heterocycles. The van der Waals surface area contributed by atoms with Gasteiger partial charge >= 0.3 is 0 Å². The summed E-state index contributed by atoms with van der Waals surface area (Å²) >= 11 is 0. The standard InChI is InChI=1S/C20H24/c1-14-12-16-6-5-7-18(19(16)13-14)15-8-10-17(11-9-15)20(2,3)4/h6,8-12H,5,7,13H2,1-4H3. The third-order valence-electron chi connectivity index (χ3n) is 4.43. The smallest absolute Gasteiger partial charge is 0.00578 e. The zero-order chi connectivity index (χ0) is 14.3. The molecule has 0 fully saturated rings. The Balaban J connectivity index is 1.98. The number of allylic oxidation sites excluding steroid dienone is 6. The SMILES string of the molecule is CC1=CC2=CCCC(c3ccc(C(C)(C)C)cc3)=C2C1. The van der Waals surface area contributed by atoms with Crippen LogP contribution in [0.4, 0.5) is 0 Å². The topological polar surface area (TPSA) is 0 Å². The Kier molecular flexibility index (Phi) is 3.20. The maximum absolute atomic E-state index is 2.40. The quantitative estimate of drug-likeness (QED) is 0.600. The van der Waals surface area contributed by atoms with Crippen molar-refractivity contribution in [1.29, 1.82) is 0 Å². The fourth-order valence-corrected chi connectivity index (χ4v) is 3.26. The molecule has 0 saturated carbocycles. The lowest BCUT2D eigenvalue weighted by Gasteiger charge is -2.21. The molecule has 104 valence electrons. The normalized spacial score (nSPS) is 18.8. The summed E-state index contributed by atoms with van der Waals surface area (Å²) in [6.07, 6.45) is 8.27. The van der Waals surface area contributed by atoms with Gasteiger partial charge in [-0.15, -0.1) is 0 Å². The van der Waals surface area contributed by atoms with Crippen LogP contribution in [0.3, 0.4) is 0 Å². The van der Waals surface area contributed by atoms with Gasteiger partial charge in [-0.3, -0.25) is 0 Å². The summed E-state index contributed by atoms with van der Waals surface area (Å²) in [6, 6.07) is 9.24. The van der Waals surface area contributed by atoms with Crippen LogP contribution in [0.15, 0.2) is 53.1 Å². The fourth-order valence-electron chi connectivity index (χ4n) is 3.26. The van der Waals surface area contributed by atoms with Crippen molar-refractivity contribution in [2.75, 3.05) is 0 Å². The second-order valence-corrected chi connectivity index (χ2v) is 7.15. The van der Waals surface area contributed by atoms with E-state index in [4.69, 9.17) is 0 Å². The summed E-state index contributed by atoms with van der Waals surface area (Å²) in [5, 5.41) is 0. The van der Waals surface area contributed by atoms with Crippen LogP contribution in [0, 0.1) is 0 Å². The van der Waals surface area contributed by atoms with Gasteiger partial charge in [-0.05, 0) is 59.4 Å². The van der Waals surface area contributed by atoms with E-state index < -0.39 is 0 Å². The summed E-state index contributed by atoms with van der Waals surface area (Å²) in [6.45, 7) is 9.06. The molecule has 1 aromatic rings. The van der Waals surface area contributed by atoms with Gasteiger partial charge in [0.2, 0.25) is 0 Å². The molecule has 0 radical (unpaired) electrons. The van der Waals surface area contributed by atoms with Gasteiger partial charge < -0.3 is 0 Å². The molecule has 2 aliphatic carbocycles. The Hall–Kier alpha value is -1.56. The van der Waals surface area contributed by atoms with E-state index >= 15 is 0 Å². The summed E-state index contributed by atoms with van der Waals surface area (Å²) in [5.41, 5.74) is 9.18. The van der Waals surface area contributed by atoms with Crippen molar-refractivity contribution in [3.8, 4) is 0 Å². The van der Waals surface area contributed by atoms with Crippen LogP contribution in [0.5, 0.6) is 0 Å². The zero-order valence-corrected chi connectivity index (χ0v) is 13.1. The average molecular weight is 264 g/mol. The highest BCUT2D eigenvalue weighted by atomic mass is 14.3. The van der Waals surface area contributed by atoms with Crippen molar-refractivity contribution < 1.29 is 0 Å². The molecule has 1 aromatic carbocycles. The Labute approximate surface area is 122 Å². The third-order valence-corrected chi connectivity index (χ3v) is 4.43. The molecule has 0 bridgehead atoms. The Morgan fingerprint density at radius 3 is 2.30 bits per heavy atom. The molecule has 20 heavy (non-hydrogen) atoms. The molecule has 0 amide bonds. The minimum absolute atomic E-state index is 0.236. The van der Waals surface area contributed by atoms with Crippen LogP contribution in [0.2, 0.25) is 0 Å². The Bertz CT molecular complexity index is 613. The first-order valence-corrected chi connectivity index (χ1v) is 7.66. The first kappa shape index (κ1) is 13.4. The van der Waals surface area contributed by atoms with E-state index in [0.29, 0.717) is 0 Å². The highest BCUT2D eigenvalue weighted by molar-refractivity contribution is 5.77. The molecule has 0 heterocycles. The lowest BCUT2D eigenvalue weighted by molar-refractivity contribution is 0.590. The van der Waals surface area contributed by atoms with Crippen molar-refractivity contribution in [2.45, 2.75) is 52.4 Å². The largest absolute Gasteiger partial charge is 0.0766 e. The number of benzene rings is 1. The molecular formula is C20H24. The van der Waals surface area contributed by atoms with Crippen LogP contribution in [0.1, 0.15) is 58.1 Å². The predicted octanol–water partition coefficient (Wildman–Crippen LogP) is 5.81. The molecule has 0 N–H and O–H groups in total. The summed E-state index contributed by atoms with van der Waals surface area (Å²) in [7, 11) is 0. The molecule has 3 rings (SSSR count). The summed E-state index contributed by atoms with van der Waals surface area (Å²) in [4.78, 5) is 0. The highest BCUT2D eigenvalue weighted by Crippen LogP contribution is 2.41. The number of fused-ring (bicyclic) bond motifs is 1. The van der Waals surface area contributed by atoms with Crippen LogP contribution >= 0.6 is 0 Å². The molecule has 0 saturated heterocycles. The summed E-state index contributed by atoms with van der Waals surface area (Å²) in [5.74, 6) is 0. The zero-order valence-electron chi connectivity index (χ0n) is 13.1. The third kappa shape index (κ3) is 2.40. The van der Waals surface area contributed by atoms with E-state index in [-0.39, 0.29) is 5.41 Å². The number of hydrogen-bond acceptors (Lipinski definition) is 0. The molecule has 0 aliphatic heterocycles. The van der Waals surface area contributed by atoms with Crippen molar-refractivity contribution in [3.63, 3.8) is 0 Å². The average Bonchev–Trinajstić information content (AvgIpc) is 2.78. The molecule has 0 unspecified atom stereocenters. The predicted molar refractivity (Wildman–Crippen MR) is 87.8 cm³/mol. The van der Waals surface area contributed by atoms with E-state index in [1.165, 1.54) is 35.1 Å². The van der Waals surface area contributed by atoms with Crippen LogP contribution in [0.25, 0.3) is 5.57 Å². The van der Waals surface area contributed by atoms with Gasteiger partial charge in [0.25, 0.3) is 0 Å². The fraction of sp³-hybridized carbons (Fsp3) is 0.400. The molecule has 0 heteroatoms. The lowest BCUT2D eigenvalue weighted by Crippen LogP contribution is -2.10. The van der Waals surface area contributed by atoms with Crippen LogP contribution < -0.4 is 0 Å². The first-order chi connectivity index (χ1) is 9.45. The molecular weight excluding hydrogens is 240 g/mol. The van der Waals surface area contributed by atoms with E-state index in [1.807, 2.05) is 0 Å². The molecule has 0 atom stereocenters. The minimum atomic E-state index is 0.236. The van der Waals surface area contributed by atoms with E-state index in [9.17, 15) is 0 Å².